The van der Waals surface area contributed by atoms with Crippen LogP contribution in [0.25, 0.3) is 0 Å². The van der Waals surface area contributed by atoms with Gasteiger partial charge >= 0.3 is 5.97 Å². The number of amides is 1. The maximum atomic E-state index is 11.6. The van der Waals surface area contributed by atoms with Crippen molar-refractivity contribution in [3.63, 3.8) is 0 Å². The third kappa shape index (κ3) is 4.44. The number of hydrogen-bond acceptors (Lipinski definition) is 4. The maximum absolute atomic E-state index is 11.6. The van der Waals surface area contributed by atoms with Crippen LogP contribution in [-0.2, 0) is 20.7 Å². The fourth-order valence-corrected chi connectivity index (χ4v) is 1.93. The van der Waals surface area contributed by atoms with Crippen molar-refractivity contribution >= 4 is 23.5 Å². The third-order valence-corrected chi connectivity index (χ3v) is 2.81. The van der Waals surface area contributed by atoms with E-state index in [0.29, 0.717) is 17.2 Å². The zero-order valence-corrected chi connectivity index (χ0v) is 11.8. The molecule has 0 spiro atoms. The van der Waals surface area contributed by atoms with Gasteiger partial charge in [-0.15, -0.1) is 0 Å². The average molecular weight is 286 g/mol. The minimum Gasteiger partial charge on any atom is -0.495 e. The molecule has 0 heterocycles. The Balaban J connectivity index is 2.86. The zero-order valence-electron chi connectivity index (χ0n) is 11.0. The maximum Gasteiger partial charge on any atom is 0.328 e. The number of carbonyl (C=O) groups is 2. The fourth-order valence-electron chi connectivity index (χ4n) is 1.65. The second kappa shape index (κ2) is 6.99. The van der Waals surface area contributed by atoms with E-state index in [1.54, 1.807) is 18.2 Å². The van der Waals surface area contributed by atoms with Gasteiger partial charge in [0.15, 0.2) is 0 Å². The van der Waals surface area contributed by atoms with Gasteiger partial charge in [-0.2, -0.15) is 0 Å². The van der Waals surface area contributed by atoms with Crippen LogP contribution in [0.5, 0.6) is 5.75 Å². The van der Waals surface area contributed by atoms with E-state index in [4.69, 9.17) is 16.3 Å². The van der Waals surface area contributed by atoms with E-state index >= 15 is 0 Å². The van der Waals surface area contributed by atoms with Crippen LogP contribution in [0.1, 0.15) is 12.5 Å². The van der Waals surface area contributed by atoms with Gasteiger partial charge in [-0.1, -0.05) is 17.7 Å². The Morgan fingerprint density at radius 3 is 2.53 bits per heavy atom. The molecule has 1 aromatic rings. The van der Waals surface area contributed by atoms with Crippen LogP contribution in [-0.4, -0.2) is 32.1 Å². The van der Waals surface area contributed by atoms with Gasteiger partial charge in [0.2, 0.25) is 5.91 Å². The fraction of sp³-hybridized carbons (Fsp3) is 0.385. The quantitative estimate of drug-likeness (QED) is 0.834. The van der Waals surface area contributed by atoms with E-state index in [1.165, 1.54) is 21.1 Å². The smallest absolute Gasteiger partial charge is 0.328 e. The molecule has 1 N–H and O–H groups in total. The van der Waals surface area contributed by atoms with Crippen molar-refractivity contribution in [2.24, 2.45) is 0 Å². The Kier molecular flexibility index (Phi) is 5.63. The van der Waals surface area contributed by atoms with Crippen LogP contribution in [0.15, 0.2) is 18.2 Å². The van der Waals surface area contributed by atoms with Crippen molar-refractivity contribution in [3.05, 3.63) is 28.8 Å². The van der Waals surface area contributed by atoms with Crippen molar-refractivity contribution in [3.8, 4) is 5.75 Å². The molecular weight excluding hydrogens is 270 g/mol. The number of hydrogen-bond donors (Lipinski definition) is 1. The number of benzene rings is 1. The van der Waals surface area contributed by atoms with Crippen LogP contribution in [0, 0.1) is 0 Å². The van der Waals surface area contributed by atoms with Gasteiger partial charge in [0, 0.05) is 13.3 Å². The molecule has 0 aliphatic rings. The van der Waals surface area contributed by atoms with E-state index in [1.807, 2.05) is 0 Å². The summed E-state index contributed by atoms with van der Waals surface area (Å²) in [6, 6.07) is 4.45. The summed E-state index contributed by atoms with van der Waals surface area (Å²) in [5.41, 5.74) is 0.801. The van der Waals surface area contributed by atoms with Gasteiger partial charge in [0.05, 0.1) is 19.2 Å². The van der Waals surface area contributed by atoms with E-state index in [9.17, 15) is 9.59 Å². The summed E-state index contributed by atoms with van der Waals surface area (Å²) in [7, 11) is 2.80. The van der Waals surface area contributed by atoms with Gasteiger partial charge in [0.1, 0.15) is 11.8 Å². The Bertz CT molecular complexity index is 476. The van der Waals surface area contributed by atoms with E-state index in [0.717, 1.165) is 5.56 Å². The molecule has 6 heteroatoms. The molecule has 19 heavy (non-hydrogen) atoms. The molecule has 0 aromatic heterocycles. The van der Waals surface area contributed by atoms with Gasteiger partial charge in [0.25, 0.3) is 0 Å². The number of halogens is 1. The normalized spacial score (nSPS) is 11.6. The zero-order chi connectivity index (χ0) is 14.4. The molecule has 5 nitrogen and oxygen atoms in total. The van der Waals surface area contributed by atoms with Crippen molar-refractivity contribution in [1.82, 2.24) is 5.32 Å². The Hall–Kier alpha value is -1.75. The summed E-state index contributed by atoms with van der Waals surface area (Å²) in [5.74, 6) is -0.239. The summed E-state index contributed by atoms with van der Waals surface area (Å²) in [6.07, 6.45) is 0.302. The Morgan fingerprint density at radius 2 is 2.05 bits per heavy atom. The van der Waals surface area contributed by atoms with Crippen molar-refractivity contribution in [1.29, 1.82) is 0 Å². The molecule has 104 valence electrons. The summed E-state index contributed by atoms with van der Waals surface area (Å²) in [4.78, 5) is 22.6. The first-order chi connectivity index (χ1) is 8.97. The van der Waals surface area contributed by atoms with Gasteiger partial charge in [-0.3, -0.25) is 4.79 Å². The van der Waals surface area contributed by atoms with Crippen LogP contribution in [0.3, 0.4) is 0 Å². The highest BCUT2D eigenvalue weighted by Crippen LogP contribution is 2.25. The van der Waals surface area contributed by atoms with Crippen molar-refractivity contribution in [2.75, 3.05) is 14.2 Å². The number of methoxy groups -OCH3 is 2. The minimum absolute atomic E-state index is 0.296. The Labute approximate surface area is 116 Å². The largest absolute Gasteiger partial charge is 0.495 e. The molecular formula is C13H16ClNO4. The molecule has 1 atom stereocenters. The molecule has 0 aliphatic carbocycles. The van der Waals surface area contributed by atoms with Crippen LogP contribution < -0.4 is 10.1 Å². The lowest BCUT2D eigenvalue weighted by molar-refractivity contribution is -0.144. The number of rotatable bonds is 5. The third-order valence-electron chi connectivity index (χ3n) is 2.52. The van der Waals surface area contributed by atoms with Crippen molar-refractivity contribution in [2.45, 2.75) is 19.4 Å². The van der Waals surface area contributed by atoms with Gasteiger partial charge < -0.3 is 14.8 Å². The van der Waals surface area contributed by atoms with Crippen molar-refractivity contribution < 1.29 is 19.1 Å². The van der Waals surface area contributed by atoms with Gasteiger partial charge in [-0.05, 0) is 17.7 Å². The molecule has 0 saturated carbocycles. The highest BCUT2D eigenvalue weighted by atomic mass is 35.5. The number of ether oxygens (including phenoxy) is 2. The first-order valence-corrected chi connectivity index (χ1v) is 6.03. The molecule has 1 amide bonds. The lowest BCUT2D eigenvalue weighted by atomic mass is 10.1. The monoisotopic (exact) mass is 285 g/mol. The number of nitrogens with one attached hydrogen (secondary N) is 1. The topological polar surface area (TPSA) is 64.6 Å². The lowest BCUT2D eigenvalue weighted by Crippen LogP contribution is -2.41. The second-order valence-corrected chi connectivity index (χ2v) is 4.36. The van der Waals surface area contributed by atoms with E-state index < -0.39 is 12.0 Å². The van der Waals surface area contributed by atoms with Gasteiger partial charge in [-0.25, -0.2) is 4.79 Å². The van der Waals surface area contributed by atoms with E-state index in [2.05, 4.69) is 10.1 Å². The van der Waals surface area contributed by atoms with Crippen LogP contribution in [0.2, 0.25) is 5.02 Å². The molecule has 1 aromatic carbocycles. The second-order valence-electron chi connectivity index (χ2n) is 3.95. The van der Waals surface area contributed by atoms with Crippen LogP contribution >= 0.6 is 11.6 Å². The predicted octanol–water partition coefficient (Wildman–Crippen LogP) is 1.57. The molecule has 0 bridgehead atoms. The van der Waals surface area contributed by atoms with Crippen LogP contribution in [0.4, 0.5) is 0 Å². The average Bonchev–Trinajstić information content (AvgIpc) is 2.36. The number of carbonyl (C=O) groups excluding carboxylic acids is 2. The Morgan fingerprint density at radius 1 is 1.37 bits per heavy atom. The molecule has 0 radical (unpaired) electrons. The summed E-state index contributed by atoms with van der Waals surface area (Å²) in [5, 5.41) is 2.99. The first-order valence-electron chi connectivity index (χ1n) is 5.65. The molecule has 0 aliphatic heterocycles. The molecule has 1 rings (SSSR count). The standard InChI is InChI=1S/C13H16ClNO4/c1-8(16)15-11(13(17)19-3)7-9-4-5-12(18-2)10(14)6-9/h4-6,11H,7H2,1-3H3,(H,15,16)/t11-/m1/s1. The first kappa shape index (κ1) is 15.3. The molecule has 0 saturated heterocycles. The highest BCUT2D eigenvalue weighted by Gasteiger charge is 2.20. The SMILES string of the molecule is COC(=O)[C@@H](Cc1ccc(OC)c(Cl)c1)NC(C)=O. The highest BCUT2D eigenvalue weighted by molar-refractivity contribution is 6.32. The minimum atomic E-state index is -0.730. The van der Waals surface area contributed by atoms with E-state index in [-0.39, 0.29) is 5.91 Å². The summed E-state index contributed by atoms with van der Waals surface area (Å²) in [6.45, 7) is 1.34. The molecule has 0 unspecified atom stereocenters. The summed E-state index contributed by atoms with van der Waals surface area (Å²) < 4.78 is 9.69. The summed E-state index contributed by atoms with van der Waals surface area (Å²) >= 11 is 6.00. The predicted molar refractivity (Wildman–Crippen MR) is 71.3 cm³/mol. The molecule has 0 fully saturated rings. The number of esters is 1. The lowest BCUT2D eigenvalue weighted by Gasteiger charge is -2.16.